The van der Waals surface area contributed by atoms with Crippen molar-refractivity contribution in [2.24, 2.45) is 0 Å². The van der Waals surface area contributed by atoms with E-state index in [1.165, 1.54) is 193 Å². The molecule has 0 aromatic carbocycles. The van der Waals surface area contributed by atoms with Gasteiger partial charge in [-0.2, -0.15) is 0 Å². The first-order chi connectivity index (χ1) is 34.6. The molecule has 6 amide bonds. The fraction of sp³-hybridized carbons (Fsp3) is 0.900. The molecule has 0 heterocycles. The van der Waals surface area contributed by atoms with Crippen LogP contribution in [0, 0.1) is 0 Å². The number of halogens is 6. The molecular formula is C60H120Cl6N6O6Ti3. The van der Waals surface area contributed by atoms with Gasteiger partial charge < -0.3 is 138 Å². The average molecular weight is 1380 g/mol. The van der Waals surface area contributed by atoms with Crippen LogP contribution in [0.15, 0.2) is 0 Å². The molecule has 0 saturated carbocycles. The molecule has 6 N–H and O–H groups in total. The average Bonchev–Trinajstić information content (AvgIpc) is 3.33. The molecule has 0 radical (unpaired) electrons. The van der Waals surface area contributed by atoms with Crippen LogP contribution < -0.4 is 74.4 Å². The number of unbranched alkanes of at least 4 members (excludes halogenated alkanes) is 36. The molecule has 0 spiro atoms. The van der Waals surface area contributed by atoms with Crippen LogP contribution in [0.2, 0.25) is 0 Å². The van der Waals surface area contributed by atoms with Gasteiger partial charge in [0.15, 0.2) is 0 Å². The summed E-state index contributed by atoms with van der Waals surface area (Å²) in [5.74, 6) is -2.48. The first kappa shape index (κ1) is 120. The van der Waals surface area contributed by atoms with Crippen molar-refractivity contribution in [1.82, 2.24) is 0 Å². The van der Waals surface area contributed by atoms with Crippen molar-refractivity contribution >= 4 is 35.4 Å². The van der Waals surface area contributed by atoms with Crippen molar-refractivity contribution in [1.29, 1.82) is 0 Å². The van der Waals surface area contributed by atoms with Crippen molar-refractivity contribution < 1.29 is 168 Å². The molecule has 480 valence electrons. The Bertz CT molecular complexity index is 941. The van der Waals surface area contributed by atoms with Crippen LogP contribution in [-0.2, 0) is 93.9 Å². The molecule has 0 unspecified atom stereocenters. The van der Waals surface area contributed by atoms with Gasteiger partial charge in [-0.3, -0.25) is 0 Å². The fourth-order valence-electron chi connectivity index (χ4n) is 7.46. The molecule has 0 aliphatic heterocycles. The molecule has 0 fully saturated rings. The van der Waals surface area contributed by atoms with Gasteiger partial charge in [0.25, 0.3) is 0 Å². The van der Waals surface area contributed by atoms with E-state index in [2.05, 4.69) is 41.5 Å². The number of nitrogens with one attached hydrogen (secondary N) is 6. The van der Waals surface area contributed by atoms with Crippen LogP contribution in [0.25, 0.3) is 34.4 Å². The molecule has 12 nitrogen and oxygen atoms in total. The van der Waals surface area contributed by atoms with Crippen LogP contribution in [0.1, 0.15) is 350 Å². The zero-order valence-corrected chi connectivity index (χ0v) is 61.4. The summed E-state index contributed by atoms with van der Waals surface area (Å²) in [5.41, 5.74) is 40.1. The smallest absolute Gasteiger partial charge is 1.00 e. The third-order valence-electron chi connectivity index (χ3n) is 12.0. The van der Waals surface area contributed by atoms with E-state index in [0.717, 1.165) is 77.0 Å². The topological polar surface area (TPSA) is 245 Å². The third kappa shape index (κ3) is 167. The molecule has 0 aromatic heterocycles. The van der Waals surface area contributed by atoms with E-state index in [1.807, 2.05) is 0 Å². The standard InChI is InChI=1S/6C10H21NO.6ClH.3Ti/c6*1-2-3-4-5-6-7-8-9-10(11)12;;;;;;;;;/h6*2-9H2,1H3,(H2,11,12);6*1H;;;/q;;;;;;;;;;;;3*+4/p-12. The molecule has 0 aliphatic rings. The predicted molar refractivity (Wildman–Crippen MR) is 312 cm³/mol. The monoisotopic (exact) mass is 1370 g/mol. The van der Waals surface area contributed by atoms with E-state index in [1.54, 1.807) is 0 Å². The number of rotatable bonds is 48. The second kappa shape index (κ2) is 115. The Morgan fingerprint density at radius 3 is 0.321 bits per heavy atom. The van der Waals surface area contributed by atoms with E-state index in [0.29, 0.717) is 38.5 Å². The molecule has 0 saturated heterocycles. The molecule has 0 bridgehead atoms. The summed E-state index contributed by atoms with van der Waals surface area (Å²) in [4.78, 5) is 61.5. The summed E-state index contributed by atoms with van der Waals surface area (Å²) >= 11 is 0. The summed E-state index contributed by atoms with van der Waals surface area (Å²) in [5, 5.41) is 0. The van der Waals surface area contributed by atoms with Gasteiger partial charge >= 0.3 is 65.2 Å². The molecule has 0 atom stereocenters. The van der Waals surface area contributed by atoms with Gasteiger partial charge in [-0.25, -0.2) is 0 Å². The van der Waals surface area contributed by atoms with E-state index in [-0.39, 0.29) is 140 Å². The number of amides is 6. The van der Waals surface area contributed by atoms with Gasteiger partial charge in [0, 0.05) is 35.4 Å². The van der Waals surface area contributed by atoms with Crippen molar-refractivity contribution in [3.8, 4) is 0 Å². The molecule has 81 heavy (non-hydrogen) atoms. The first-order valence-electron chi connectivity index (χ1n) is 30.1. The number of carbonyl (C=O) groups excluding carboxylic acids is 6. The van der Waals surface area contributed by atoms with Gasteiger partial charge in [0.2, 0.25) is 0 Å². The van der Waals surface area contributed by atoms with Crippen LogP contribution >= 0.6 is 0 Å². The maximum Gasteiger partial charge on any atom is 4.00 e. The van der Waals surface area contributed by atoms with Crippen LogP contribution in [-0.4, -0.2) is 35.4 Å². The predicted octanol–water partition coefficient (Wildman–Crippen LogP) is 4.25. The van der Waals surface area contributed by atoms with E-state index >= 15 is 0 Å². The van der Waals surface area contributed by atoms with E-state index < -0.39 is 35.4 Å². The van der Waals surface area contributed by atoms with Crippen LogP contribution in [0.5, 0.6) is 0 Å². The summed E-state index contributed by atoms with van der Waals surface area (Å²) in [6, 6.07) is 0. The molecule has 21 heteroatoms. The second-order valence-corrected chi connectivity index (χ2v) is 19.8. The molecule has 0 aliphatic carbocycles. The Morgan fingerprint density at radius 1 is 0.173 bits per heavy atom. The zero-order chi connectivity index (χ0) is 55.4. The van der Waals surface area contributed by atoms with Crippen molar-refractivity contribution in [3.05, 3.63) is 34.4 Å². The first-order valence-corrected chi connectivity index (χ1v) is 30.1. The Hall–Kier alpha value is 0.703. The van der Waals surface area contributed by atoms with Gasteiger partial charge in [-0.1, -0.05) is 273 Å². The van der Waals surface area contributed by atoms with Crippen molar-refractivity contribution in [2.75, 3.05) is 0 Å². The second-order valence-electron chi connectivity index (χ2n) is 19.8. The minimum Gasteiger partial charge on any atom is -1.00 e. The van der Waals surface area contributed by atoms with Crippen molar-refractivity contribution in [3.63, 3.8) is 0 Å². The number of hydrogen-bond acceptors (Lipinski definition) is 6. The largest absolute Gasteiger partial charge is 4.00 e. The van der Waals surface area contributed by atoms with E-state index in [4.69, 9.17) is 34.4 Å². The quantitative estimate of drug-likeness (QED) is 0.0636. The van der Waals surface area contributed by atoms with Gasteiger partial charge in [0.05, 0.1) is 0 Å². The van der Waals surface area contributed by atoms with Gasteiger partial charge in [-0.15, -0.1) is 0 Å². The maximum absolute atomic E-state index is 10.2. The zero-order valence-electron chi connectivity index (χ0n) is 52.2. The maximum atomic E-state index is 10.2. The number of hydrogen-bond donors (Lipinski definition) is 0. The Labute approximate surface area is 582 Å². The minimum atomic E-state index is -0.413. The SMILES string of the molecule is CCCCCCCCCC([NH-])=O.CCCCCCCCCC([NH-])=O.CCCCCCCCCC([NH-])=O.CCCCCCCCCC([NH-])=O.CCCCCCCCCC([NH-])=O.CCCCCCCCCC([NH-])=O.[Cl-].[Cl-].[Cl-].[Cl-].[Cl-].[Cl-].[Ti+4].[Ti+4].[Ti+4]. The van der Waals surface area contributed by atoms with Gasteiger partial charge in [0.1, 0.15) is 0 Å². The Morgan fingerprint density at radius 2 is 0.247 bits per heavy atom. The van der Waals surface area contributed by atoms with Crippen LogP contribution in [0.4, 0.5) is 0 Å². The Balaban J connectivity index is -0.0000000486. The molecule has 0 aromatic rings. The molecule has 0 rings (SSSR count). The molecular weight excluding hydrogens is 1260 g/mol. The summed E-state index contributed by atoms with van der Waals surface area (Å²) in [7, 11) is 0. The summed E-state index contributed by atoms with van der Waals surface area (Å²) in [6.45, 7) is 13.2. The number of carbonyl (C=O) groups is 6. The fourth-order valence-corrected chi connectivity index (χ4v) is 7.46. The third-order valence-corrected chi connectivity index (χ3v) is 12.0. The van der Waals surface area contributed by atoms with Crippen LogP contribution in [0.3, 0.4) is 0 Å². The summed E-state index contributed by atoms with van der Waals surface area (Å²) in [6.07, 6.45) is 53.7. The minimum absolute atomic E-state index is 0. The van der Waals surface area contributed by atoms with Crippen molar-refractivity contribution in [2.45, 2.75) is 350 Å². The van der Waals surface area contributed by atoms with Gasteiger partial charge in [-0.05, 0) is 77.0 Å². The Kier molecular flexibility index (Phi) is 170. The summed E-state index contributed by atoms with van der Waals surface area (Å²) < 4.78 is 0. The normalized spacial score (nSPS) is 8.96. The van der Waals surface area contributed by atoms with E-state index in [9.17, 15) is 28.8 Å².